The lowest BCUT2D eigenvalue weighted by Crippen LogP contribution is -2.29. The molecule has 0 atom stereocenters. The van der Waals surface area contributed by atoms with Crippen molar-refractivity contribution in [1.29, 1.82) is 0 Å². The zero-order valence-corrected chi connectivity index (χ0v) is 12.9. The van der Waals surface area contributed by atoms with Crippen LogP contribution >= 0.6 is 11.3 Å². The average Bonchev–Trinajstić information content (AvgIpc) is 2.98. The Morgan fingerprint density at radius 2 is 1.90 bits per heavy atom. The van der Waals surface area contributed by atoms with E-state index in [0.717, 1.165) is 28.8 Å². The summed E-state index contributed by atoms with van der Waals surface area (Å²) >= 11 is 1.70. The van der Waals surface area contributed by atoms with Crippen molar-refractivity contribution in [3.63, 3.8) is 0 Å². The monoisotopic (exact) mass is 288 g/mol. The summed E-state index contributed by atoms with van der Waals surface area (Å²) in [6, 6.07) is 8.46. The molecule has 0 aliphatic carbocycles. The lowest BCUT2D eigenvalue weighted by Gasteiger charge is -2.25. The van der Waals surface area contributed by atoms with Gasteiger partial charge in [0.15, 0.2) is 0 Å². The Bertz CT molecular complexity index is 573. The van der Waals surface area contributed by atoms with Crippen LogP contribution in [0, 0.1) is 0 Å². The highest BCUT2D eigenvalue weighted by Crippen LogP contribution is 2.31. The average molecular weight is 288 g/mol. The molecule has 0 spiro atoms. The summed E-state index contributed by atoms with van der Waals surface area (Å²) in [5.41, 5.74) is 2.34. The summed E-state index contributed by atoms with van der Waals surface area (Å²) in [6.07, 6.45) is 3.88. The van der Waals surface area contributed by atoms with Crippen LogP contribution in [0.4, 0.5) is 10.8 Å². The minimum atomic E-state index is 1.01. The Balaban J connectivity index is 1.84. The molecule has 1 fully saturated rings. The summed E-state index contributed by atoms with van der Waals surface area (Å²) in [5, 5.41) is 10.8. The van der Waals surface area contributed by atoms with Crippen molar-refractivity contribution in [3.05, 3.63) is 24.3 Å². The molecule has 5 heteroatoms. The maximum atomic E-state index is 4.37. The second-order valence-electron chi connectivity index (χ2n) is 5.38. The highest BCUT2D eigenvalue weighted by atomic mass is 32.1. The van der Waals surface area contributed by atoms with E-state index < -0.39 is 0 Å². The number of rotatable bonds is 3. The zero-order chi connectivity index (χ0) is 13.9. The van der Waals surface area contributed by atoms with Gasteiger partial charge < -0.3 is 9.80 Å². The minimum Gasteiger partial charge on any atom is -0.378 e. The number of hydrogen-bond acceptors (Lipinski definition) is 5. The van der Waals surface area contributed by atoms with Gasteiger partial charge in [0, 0.05) is 38.4 Å². The first-order valence-electron chi connectivity index (χ1n) is 7.10. The Morgan fingerprint density at radius 1 is 1.10 bits per heavy atom. The molecule has 1 aliphatic rings. The van der Waals surface area contributed by atoms with Crippen LogP contribution in [0.25, 0.3) is 10.6 Å². The molecular formula is C15H20N4S. The van der Waals surface area contributed by atoms with Crippen LogP contribution in [0.3, 0.4) is 0 Å². The molecule has 20 heavy (non-hydrogen) atoms. The van der Waals surface area contributed by atoms with Crippen LogP contribution in [0.2, 0.25) is 0 Å². The van der Waals surface area contributed by atoms with Gasteiger partial charge in [-0.1, -0.05) is 23.5 Å². The highest BCUT2D eigenvalue weighted by Gasteiger charge is 2.16. The van der Waals surface area contributed by atoms with E-state index >= 15 is 0 Å². The molecular weight excluding hydrogens is 268 g/mol. The molecule has 4 nitrogen and oxygen atoms in total. The van der Waals surface area contributed by atoms with Crippen LogP contribution in [-0.4, -0.2) is 37.4 Å². The van der Waals surface area contributed by atoms with Gasteiger partial charge in [-0.2, -0.15) is 0 Å². The number of aromatic nitrogens is 2. The quantitative estimate of drug-likeness (QED) is 0.868. The Labute approximate surface area is 124 Å². The van der Waals surface area contributed by atoms with Gasteiger partial charge in [0.25, 0.3) is 0 Å². The summed E-state index contributed by atoms with van der Waals surface area (Å²) < 4.78 is 0. The SMILES string of the molecule is CN(C)c1cccc(-c2nnc(N3CCCCC3)s2)c1. The molecule has 0 N–H and O–H groups in total. The molecule has 1 aromatic heterocycles. The fourth-order valence-electron chi connectivity index (χ4n) is 2.46. The molecule has 0 bridgehead atoms. The molecule has 0 unspecified atom stereocenters. The summed E-state index contributed by atoms with van der Waals surface area (Å²) in [7, 11) is 4.11. The number of nitrogens with zero attached hydrogens (tertiary/aromatic N) is 4. The van der Waals surface area contributed by atoms with E-state index in [0.29, 0.717) is 0 Å². The second kappa shape index (κ2) is 5.79. The van der Waals surface area contributed by atoms with E-state index in [4.69, 9.17) is 0 Å². The van der Waals surface area contributed by atoms with Gasteiger partial charge in [-0.05, 0) is 31.4 Å². The number of piperidine rings is 1. The van der Waals surface area contributed by atoms with E-state index in [2.05, 4.69) is 58.4 Å². The Morgan fingerprint density at radius 3 is 2.65 bits per heavy atom. The van der Waals surface area contributed by atoms with Crippen molar-refractivity contribution in [2.24, 2.45) is 0 Å². The van der Waals surface area contributed by atoms with Crippen molar-refractivity contribution < 1.29 is 0 Å². The van der Waals surface area contributed by atoms with Crippen molar-refractivity contribution in [2.45, 2.75) is 19.3 Å². The van der Waals surface area contributed by atoms with Crippen molar-refractivity contribution in [3.8, 4) is 10.6 Å². The van der Waals surface area contributed by atoms with Gasteiger partial charge >= 0.3 is 0 Å². The molecule has 106 valence electrons. The maximum absolute atomic E-state index is 4.37. The normalized spacial score (nSPS) is 15.4. The summed E-state index contributed by atoms with van der Waals surface area (Å²) in [6.45, 7) is 2.23. The van der Waals surface area contributed by atoms with E-state index in [1.807, 2.05) is 0 Å². The first-order valence-corrected chi connectivity index (χ1v) is 7.92. The smallest absolute Gasteiger partial charge is 0.208 e. The minimum absolute atomic E-state index is 1.01. The third-order valence-corrected chi connectivity index (χ3v) is 4.68. The number of anilines is 2. The van der Waals surface area contributed by atoms with Gasteiger partial charge in [-0.15, -0.1) is 10.2 Å². The van der Waals surface area contributed by atoms with Gasteiger partial charge in [-0.3, -0.25) is 0 Å². The van der Waals surface area contributed by atoms with Crippen molar-refractivity contribution in [1.82, 2.24) is 10.2 Å². The largest absolute Gasteiger partial charge is 0.378 e. The van der Waals surface area contributed by atoms with Gasteiger partial charge in [0.05, 0.1) is 0 Å². The highest BCUT2D eigenvalue weighted by molar-refractivity contribution is 7.18. The van der Waals surface area contributed by atoms with E-state index in [-0.39, 0.29) is 0 Å². The van der Waals surface area contributed by atoms with Crippen LogP contribution in [0.1, 0.15) is 19.3 Å². The van der Waals surface area contributed by atoms with Gasteiger partial charge in [0.1, 0.15) is 5.01 Å². The van der Waals surface area contributed by atoms with Gasteiger partial charge in [0.2, 0.25) is 5.13 Å². The van der Waals surface area contributed by atoms with Crippen LogP contribution in [0.5, 0.6) is 0 Å². The predicted octanol–water partition coefficient (Wildman–Crippen LogP) is 3.26. The molecule has 2 aromatic rings. The third-order valence-electron chi connectivity index (χ3n) is 3.65. The molecule has 1 aromatic carbocycles. The lowest BCUT2D eigenvalue weighted by molar-refractivity contribution is 0.575. The topological polar surface area (TPSA) is 32.3 Å². The van der Waals surface area contributed by atoms with E-state index in [9.17, 15) is 0 Å². The van der Waals surface area contributed by atoms with Crippen molar-refractivity contribution >= 4 is 22.2 Å². The fourth-order valence-corrected chi connectivity index (χ4v) is 3.35. The van der Waals surface area contributed by atoms with Crippen LogP contribution in [-0.2, 0) is 0 Å². The Hall–Kier alpha value is -1.62. The molecule has 0 saturated carbocycles. The summed E-state index contributed by atoms with van der Waals surface area (Å²) in [5.74, 6) is 0. The fraction of sp³-hybridized carbons (Fsp3) is 0.467. The van der Waals surface area contributed by atoms with Gasteiger partial charge in [-0.25, -0.2) is 0 Å². The van der Waals surface area contributed by atoms with Crippen LogP contribution in [0.15, 0.2) is 24.3 Å². The third kappa shape index (κ3) is 2.77. The zero-order valence-electron chi connectivity index (χ0n) is 12.0. The first kappa shape index (κ1) is 13.4. The van der Waals surface area contributed by atoms with E-state index in [1.165, 1.54) is 24.9 Å². The number of hydrogen-bond donors (Lipinski definition) is 0. The second-order valence-corrected chi connectivity index (χ2v) is 6.34. The standard InChI is InChI=1S/C15H20N4S/c1-18(2)13-8-6-7-12(11-13)14-16-17-15(20-14)19-9-4-3-5-10-19/h6-8,11H,3-5,9-10H2,1-2H3. The number of benzene rings is 1. The molecule has 0 radical (unpaired) electrons. The lowest BCUT2D eigenvalue weighted by atomic mass is 10.1. The summed E-state index contributed by atoms with van der Waals surface area (Å²) in [4.78, 5) is 4.47. The molecule has 3 rings (SSSR count). The first-order chi connectivity index (χ1) is 9.74. The maximum Gasteiger partial charge on any atom is 0.208 e. The van der Waals surface area contributed by atoms with Crippen LogP contribution < -0.4 is 9.80 Å². The molecule has 1 aliphatic heterocycles. The Kier molecular flexibility index (Phi) is 3.87. The predicted molar refractivity (Wildman–Crippen MR) is 85.7 cm³/mol. The van der Waals surface area contributed by atoms with Crippen molar-refractivity contribution in [2.75, 3.05) is 37.0 Å². The molecule has 1 saturated heterocycles. The molecule has 2 heterocycles. The van der Waals surface area contributed by atoms with E-state index in [1.54, 1.807) is 11.3 Å². The molecule has 0 amide bonds.